The summed E-state index contributed by atoms with van der Waals surface area (Å²) < 4.78 is 33.6. The first-order chi connectivity index (χ1) is 12.5. The van der Waals surface area contributed by atoms with Crippen LogP contribution < -0.4 is 15.8 Å². The second-order valence-corrected chi connectivity index (χ2v) is 9.47. The van der Waals surface area contributed by atoms with Crippen LogP contribution in [0.3, 0.4) is 0 Å². The van der Waals surface area contributed by atoms with Gasteiger partial charge in [-0.25, -0.2) is 17.9 Å². The number of sulfonamides is 1. The number of hydrogen-bond donors (Lipinski definition) is 3. The van der Waals surface area contributed by atoms with Gasteiger partial charge in [-0.05, 0) is 58.0 Å². The molecule has 1 aromatic carbocycles. The van der Waals surface area contributed by atoms with E-state index in [4.69, 9.17) is 22.7 Å². The summed E-state index contributed by atoms with van der Waals surface area (Å²) in [6.45, 7) is 6.28. The van der Waals surface area contributed by atoms with Crippen molar-refractivity contribution in [3.05, 3.63) is 24.3 Å². The van der Waals surface area contributed by atoms with E-state index in [-0.39, 0.29) is 22.1 Å². The van der Waals surface area contributed by atoms with Crippen molar-refractivity contribution in [2.24, 2.45) is 5.73 Å². The Kier molecular flexibility index (Phi) is 6.66. The van der Waals surface area contributed by atoms with E-state index in [1.807, 2.05) is 20.8 Å². The smallest absolute Gasteiger partial charge is 0.410 e. The Morgan fingerprint density at radius 2 is 1.85 bits per heavy atom. The topological polar surface area (TPSA) is 114 Å². The maximum Gasteiger partial charge on any atom is 0.410 e. The van der Waals surface area contributed by atoms with Crippen molar-refractivity contribution in [2.75, 3.05) is 18.4 Å². The molecule has 0 unspecified atom stereocenters. The molecule has 0 atom stereocenters. The van der Waals surface area contributed by atoms with Gasteiger partial charge in [-0.15, -0.1) is 0 Å². The fourth-order valence-corrected chi connectivity index (χ4v) is 4.30. The molecular formula is C17H26N4O4S2. The summed E-state index contributed by atoms with van der Waals surface area (Å²) in [5, 5.41) is 2.67. The molecule has 1 aliphatic heterocycles. The number of hydrogen-bond acceptors (Lipinski definition) is 5. The molecule has 0 saturated carbocycles. The SMILES string of the molecule is CC(C)(C)OC(=O)N1CCC(NS(=O)(=O)c2ccccc2NC(N)=S)CC1. The maximum atomic E-state index is 12.8. The van der Waals surface area contributed by atoms with E-state index in [0.717, 1.165) is 0 Å². The molecule has 8 nitrogen and oxygen atoms in total. The van der Waals surface area contributed by atoms with Crippen LogP contribution in [0.1, 0.15) is 33.6 Å². The Balaban J connectivity index is 2.01. The number of nitrogens with two attached hydrogens (primary N) is 1. The van der Waals surface area contributed by atoms with Crippen molar-refractivity contribution in [3.8, 4) is 0 Å². The van der Waals surface area contributed by atoms with Crippen LogP contribution in [0.25, 0.3) is 0 Å². The number of rotatable bonds is 4. The van der Waals surface area contributed by atoms with Crippen molar-refractivity contribution in [1.29, 1.82) is 0 Å². The van der Waals surface area contributed by atoms with Gasteiger partial charge in [0.15, 0.2) is 5.11 Å². The molecule has 1 saturated heterocycles. The van der Waals surface area contributed by atoms with Crippen molar-refractivity contribution in [2.45, 2.75) is 50.2 Å². The van der Waals surface area contributed by atoms with Gasteiger partial charge in [0.1, 0.15) is 10.5 Å². The molecule has 0 bridgehead atoms. The molecule has 0 radical (unpaired) electrons. The molecule has 0 aromatic heterocycles. The summed E-state index contributed by atoms with van der Waals surface area (Å²) in [7, 11) is -3.77. The number of amides is 1. The molecule has 0 spiro atoms. The average Bonchev–Trinajstić information content (AvgIpc) is 2.53. The number of anilines is 1. The summed E-state index contributed by atoms with van der Waals surface area (Å²) in [6.07, 6.45) is 0.627. The highest BCUT2D eigenvalue weighted by Crippen LogP contribution is 2.23. The lowest BCUT2D eigenvalue weighted by atomic mass is 10.1. The van der Waals surface area contributed by atoms with E-state index >= 15 is 0 Å². The number of nitrogens with zero attached hydrogens (tertiary/aromatic N) is 1. The van der Waals surface area contributed by atoms with Gasteiger partial charge in [0.05, 0.1) is 5.69 Å². The lowest BCUT2D eigenvalue weighted by Gasteiger charge is -2.33. The first-order valence-electron chi connectivity index (χ1n) is 8.64. The Morgan fingerprint density at radius 3 is 2.41 bits per heavy atom. The summed E-state index contributed by atoms with van der Waals surface area (Å²) in [6, 6.07) is 6.13. The first-order valence-corrected chi connectivity index (χ1v) is 10.5. The zero-order valence-corrected chi connectivity index (χ0v) is 17.3. The van der Waals surface area contributed by atoms with Crippen molar-refractivity contribution in [3.63, 3.8) is 0 Å². The van der Waals surface area contributed by atoms with Crippen LogP contribution in [0, 0.1) is 0 Å². The minimum Gasteiger partial charge on any atom is -0.444 e. The van der Waals surface area contributed by atoms with Crippen LogP contribution >= 0.6 is 12.2 Å². The molecule has 1 fully saturated rings. The normalized spacial score (nSPS) is 16.0. The Morgan fingerprint density at radius 1 is 1.26 bits per heavy atom. The van der Waals surface area contributed by atoms with Crippen LogP contribution in [-0.4, -0.2) is 49.3 Å². The molecule has 1 heterocycles. The predicted molar refractivity (Wildman–Crippen MR) is 108 cm³/mol. The highest BCUT2D eigenvalue weighted by atomic mass is 32.2. The van der Waals surface area contributed by atoms with Gasteiger partial charge in [0.25, 0.3) is 0 Å². The minimum absolute atomic E-state index is 0.0108. The predicted octanol–water partition coefficient (Wildman–Crippen LogP) is 2.02. The average molecular weight is 415 g/mol. The number of para-hydroxylation sites is 1. The second-order valence-electron chi connectivity index (χ2n) is 7.35. The van der Waals surface area contributed by atoms with E-state index in [0.29, 0.717) is 31.6 Å². The highest BCUT2D eigenvalue weighted by molar-refractivity contribution is 7.89. The quantitative estimate of drug-likeness (QED) is 0.646. The summed E-state index contributed by atoms with van der Waals surface area (Å²) in [4.78, 5) is 13.8. The Hall–Kier alpha value is -1.91. The van der Waals surface area contributed by atoms with E-state index in [1.165, 1.54) is 6.07 Å². The van der Waals surface area contributed by atoms with Gasteiger partial charge in [0, 0.05) is 19.1 Å². The summed E-state index contributed by atoms with van der Waals surface area (Å²) >= 11 is 4.80. The highest BCUT2D eigenvalue weighted by Gasteiger charge is 2.30. The zero-order valence-electron chi connectivity index (χ0n) is 15.7. The van der Waals surface area contributed by atoms with Crippen LogP contribution in [0.2, 0.25) is 0 Å². The van der Waals surface area contributed by atoms with Gasteiger partial charge < -0.3 is 20.7 Å². The Bertz CT molecular complexity index is 797. The van der Waals surface area contributed by atoms with E-state index in [2.05, 4.69) is 10.0 Å². The maximum absolute atomic E-state index is 12.8. The van der Waals surface area contributed by atoms with E-state index < -0.39 is 15.6 Å². The first kappa shape index (κ1) is 21.4. The van der Waals surface area contributed by atoms with Crippen LogP contribution in [-0.2, 0) is 14.8 Å². The van der Waals surface area contributed by atoms with E-state index in [1.54, 1.807) is 23.1 Å². The van der Waals surface area contributed by atoms with Gasteiger partial charge in [-0.3, -0.25) is 0 Å². The van der Waals surface area contributed by atoms with Crippen LogP contribution in [0.15, 0.2) is 29.2 Å². The summed E-state index contributed by atoms with van der Waals surface area (Å²) in [5.74, 6) is 0. The molecule has 150 valence electrons. The standard InChI is InChI=1S/C17H26N4O4S2/c1-17(2,3)25-16(22)21-10-8-12(9-11-21)20-27(23,24)14-7-5-4-6-13(14)19-15(18)26/h4-7,12,20H,8-11H2,1-3H3,(H3,18,19,26). The number of ether oxygens (including phenoxy) is 1. The van der Waals surface area contributed by atoms with Crippen LogP contribution in [0.4, 0.5) is 10.5 Å². The third-order valence-electron chi connectivity index (χ3n) is 3.90. The van der Waals surface area contributed by atoms with Crippen molar-refractivity contribution in [1.82, 2.24) is 9.62 Å². The summed E-state index contributed by atoms with van der Waals surface area (Å²) in [5.41, 5.74) is 5.23. The Labute approximate surface area is 165 Å². The number of carbonyl (C=O) groups excluding carboxylic acids is 1. The molecule has 4 N–H and O–H groups in total. The zero-order chi connectivity index (χ0) is 20.2. The van der Waals surface area contributed by atoms with Gasteiger partial charge in [-0.1, -0.05) is 12.1 Å². The van der Waals surface area contributed by atoms with Crippen molar-refractivity contribution < 1.29 is 17.9 Å². The fourth-order valence-electron chi connectivity index (χ4n) is 2.73. The number of nitrogens with one attached hydrogen (secondary N) is 2. The molecule has 0 aliphatic carbocycles. The monoisotopic (exact) mass is 414 g/mol. The number of thiocarbonyl (C=S) groups is 1. The third kappa shape index (κ3) is 6.33. The molecule has 1 aliphatic rings. The lowest BCUT2D eigenvalue weighted by molar-refractivity contribution is 0.0203. The lowest BCUT2D eigenvalue weighted by Crippen LogP contribution is -2.47. The number of benzene rings is 1. The van der Waals surface area contributed by atoms with Gasteiger partial charge >= 0.3 is 6.09 Å². The molecule has 27 heavy (non-hydrogen) atoms. The molecule has 1 aromatic rings. The third-order valence-corrected chi connectivity index (χ3v) is 5.58. The minimum atomic E-state index is -3.77. The van der Waals surface area contributed by atoms with Gasteiger partial charge in [-0.2, -0.15) is 0 Å². The number of piperidine rings is 1. The number of carbonyl (C=O) groups is 1. The second kappa shape index (κ2) is 8.41. The number of likely N-dealkylation sites (tertiary alicyclic amines) is 1. The molecule has 2 rings (SSSR count). The van der Waals surface area contributed by atoms with E-state index in [9.17, 15) is 13.2 Å². The van der Waals surface area contributed by atoms with Crippen molar-refractivity contribution >= 4 is 39.1 Å². The van der Waals surface area contributed by atoms with Gasteiger partial charge in [0.2, 0.25) is 10.0 Å². The fraction of sp³-hybridized carbons (Fsp3) is 0.529. The molecule has 1 amide bonds. The molecular weight excluding hydrogens is 388 g/mol. The molecule has 10 heteroatoms. The largest absolute Gasteiger partial charge is 0.444 e. The van der Waals surface area contributed by atoms with Crippen LogP contribution in [0.5, 0.6) is 0 Å².